The van der Waals surface area contributed by atoms with Crippen LogP contribution in [0.15, 0.2) is 18.7 Å². The second kappa shape index (κ2) is 4.21. The first-order chi connectivity index (χ1) is 7.61. The zero-order valence-corrected chi connectivity index (χ0v) is 11.9. The molecule has 0 amide bonds. The predicted molar refractivity (Wildman–Crippen MR) is 75.4 cm³/mol. The minimum Gasteiger partial charge on any atom is -0.507 e. The minimum atomic E-state index is -0.0964. The molecule has 17 heavy (non-hydrogen) atoms. The Morgan fingerprint density at radius 3 is 2.06 bits per heavy atom. The van der Waals surface area contributed by atoms with Gasteiger partial charge in [0.1, 0.15) is 5.75 Å². The maximum absolute atomic E-state index is 10.3. The third-order valence-corrected chi connectivity index (χ3v) is 4.05. The lowest BCUT2D eigenvalue weighted by atomic mass is 9.64. The molecule has 1 aromatic carbocycles. The Labute approximate surface area is 105 Å². The van der Waals surface area contributed by atoms with E-state index < -0.39 is 0 Å². The van der Waals surface area contributed by atoms with Gasteiger partial charge in [-0.05, 0) is 29.4 Å². The average molecular weight is 232 g/mol. The maximum Gasteiger partial charge on any atom is 0.126 e. The molecule has 0 atom stereocenters. The highest BCUT2D eigenvalue weighted by atomic mass is 16.3. The lowest BCUT2D eigenvalue weighted by molar-refractivity contribution is 0.219. The van der Waals surface area contributed by atoms with Crippen LogP contribution in [0.2, 0.25) is 0 Å². The largest absolute Gasteiger partial charge is 0.507 e. The van der Waals surface area contributed by atoms with Crippen molar-refractivity contribution in [3.05, 3.63) is 35.4 Å². The van der Waals surface area contributed by atoms with Crippen molar-refractivity contribution in [3.63, 3.8) is 0 Å². The first-order valence-corrected chi connectivity index (χ1v) is 6.08. The number of hydrogen-bond acceptors (Lipinski definition) is 1. The monoisotopic (exact) mass is 232 g/mol. The summed E-state index contributed by atoms with van der Waals surface area (Å²) in [5.74, 6) is 0.366. The van der Waals surface area contributed by atoms with Gasteiger partial charge in [-0.25, -0.2) is 0 Å². The van der Waals surface area contributed by atoms with Crippen LogP contribution < -0.4 is 0 Å². The van der Waals surface area contributed by atoms with Gasteiger partial charge in [0, 0.05) is 11.1 Å². The standard InChI is InChI=1S/C16H24O/c1-8-12-9-11(2)10-13(14(12)17)16(6,7)15(3,4)5/h8-10,17H,1H2,2-7H3. The Morgan fingerprint density at radius 1 is 1.12 bits per heavy atom. The van der Waals surface area contributed by atoms with Gasteiger partial charge in [-0.1, -0.05) is 53.3 Å². The molecule has 94 valence electrons. The van der Waals surface area contributed by atoms with Crippen molar-refractivity contribution in [2.45, 2.75) is 47.0 Å². The minimum absolute atomic E-state index is 0.0801. The Morgan fingerprint density at radius 2 is 1.65 bits per heavy atom. The van der Waals surface area contributed by atoms with Crippen LogP contribution in [0.1, 0.15) is 51.3 Å². The van der Waals surface area contributed by atoms with E-state index in [2.05, 4.69) is 54.2 Å². The van der Waals surface area contributed by atoms with Crippen LogP contribution in [-0.2, 0) is 5.41 Å². The van der Waals surface area contributed by atoms with Crippen LogP contribution in [0, 0.1) is 12.3 Å². The molecular formula is C16H24O. The van der Waals surface area contributed by atoms with Crippen molar-refractivity contribution in [1.82, 2.24) is 0 Å². The number of phenols is 1. The summed E-state index contributed by atoms with van der Waals surface area (Å²) in [6.45, 7) is 16.7. The van der Waals surface area contributed by atoms with Crippen molar-refractivity contribution in [3.8, 4) is 5.75 Å². The molecule has 0 bridgehead atoms. The first-order valence-electron chi connectivity index (χ1n) is 6.08. The molecule has 0 saturated carbocycles. The predicted octanol–water partition coefficient (Wildman–Crippen LogP) is 4.67. The van der Waals surface area contributed by atoms with E-state index in [-0.39, 0.29) is 10.8 Å². The molecule has 1 heteroatoms. The zero-order chi connectivity index (χ0) is 13.4. The van der Waals surface area contributed by atoms with E-state index in [1.807, 2.05) is 6.07 Å². The van der Waals surface area contributed by atoms with Gasteiger partial charge in [-0.2, -0.15) is 0 Å². The van der Waals surface area contributed by atoms with Crippen LogP contribution in [-0.4, -0.2) is 5.11 Å². The summed E-state index contributed by atoms with van der Waals surface area (Å²) < 4.78 is 0. The lowest BCUT2D eigenvalue weighted by Gasteiger charge is -2.40. The zero-order valence-electron chi connectivity index (χ0n) is 11.9. The Hall–Kier alpha value is -1.24. The molecule has 0 aliphatic heterocycles. The van der Waals surface area contributed by atoms with E-state index in [4.69, 9.17) is 0 Å². The van der Waals surface area contributed by atoms with Gasteiger partial charge in [-0.15, -0.1) is 0 Å². The summed E-state index contributed by atoms with van der Waals surface area (Å²) in [4.78, 5) is 0. The summed E-state index contributed by atoms with van der Waals surface area (Å²) in [7, 11) is 0. The van der Waals surface area contributed by atoms with Crippen LogP contribution in [0.25, 0.3) is 6.08 Å². The van der Waals surface area contributed by atoms with Crippen molar-refractivity contribution in [2.75, 3.05) is 0 Å². The second-order valence-electron chi connectivity index (χ2n) is 6.33. The number of phenolic OH excluding ortho intramolecular Hbond substituents is 1. The molecule has 0 saturated heterocycles. The Bertz CT molecular complexity index is 434. The van der Waals surface area contributed by atoms with Gasteiger partial charge in [0.15, 0.2) is 0 Å². The van der Waals surface area contributed by atoms with Crippen LogP contribution in [0.5, 0.6) is 5.75 Å². The fourth-order valence-electron chi connectivity index (χ4n) is 1.84. The molecule has 0 aromatic heterocycles. The molecule has 0 aliphatic rings. The van der Waals surface area contributed by atoms with Gasteiger partial charge in [0.05, 0.1) is 0 Å². The van der Waals surface area contributed by atoms with Crippen molar-refractivity contribution < 1.29 is 5.11 Å². The average Bonchev–Trinajstić information content (AvgIpc) is 2.19. The summed E-state index contributed by atoms with van der Waals surface area (Å²) in [5.41, 5.74) is 2.96. The molecule has 0 fully saturated rings. The summed E-state index contributed by atoms with van der Waals surface area (Å²) in [6.07, 6.45) is 1.71. The lowest BCUT2D eigenvalue weighted by Crippen LogP contribution is -2.34. The van der Waals surface area contributed by atoms with Crippen molar-refractivity contribution in [1.29, 1.82) is 0 Å². The van der Waals surface area contributed by atoms with E-state index in [9.17, 15) is 5.11 Å². The molecule has 1 N–H and O–H groups in total. The van der Waals surface area contributed by atoms with Gasteiger partial charge in [0.25, 0.3) is 0 Å². The highest BCUT2D eigenvalue weighted by Gasteiger charge is 2.36. The van der Waals surface area contributed by atoms with Gasteiger partial charge >= 0.3 is 0 Å². The van der Waals surface area contributed by atoms with Crippen molar-refractivity contribution in [2.24, 2.45) is 5.41 Å². The highest BCUT2D eigenvalue weighted by Crippen LogP contribution is 2.45. The molecule has 1 aromatic rings. The number of benzene rings is 1. The molecule has 0 spiro atoms. The number of hydrogen-bond donors (Lipinski definition) is 1. The molecule has 0 radical (unpaired) electrons. The maximum atomic E-state index is 10.3. The van der Waals surface area contributed by atoms with E-state index >= 15 is 0 Å². The Balaban J connectivity index is 3.51. The second-order valence-corrected chi connectivity index (χ2v) is 6.33. The molecule has 0 unspecified atom stereocenters. The first kappa shape index (κ1) is 13.8. The third kappa shape index (κ3) is 2.38. The normalized spacial score (nSPS) is 12.6. The fourth-order valence-corrected chi connectivity index (χ4v) is 1.84. The number of aromatic hydroxyl groups is 1. The SMILES string of the molecule is C=Cc1cc(C)cc(C(C)(C)C(C)(C)C)c1O. The van der Waals surface area contributed by atoms with Gasteiger partial charge in [0.2, 0.25) is 0 Å². The third-order valence-electron chi connectivity index (χ3n) is 4.05. The van der Waals surface area contributed by atoms with Crippen LogP contribution in [0.4, 0.5) is 0 Å². The fraction of sp³-hybridized carbons (Fsp3) is 0.500. The Kier molecular flexibility index (Phi) is 3.42. The topological polar surface area (TPSA) is 20.2 Å². The molecule has 0 aliphatic carbocycles. The molecule has 1 nitrogen and oxygen atoms in total. The summed E-state index contributed by atoms with van der Waals surface area (Å²) in [5, 5.41) is 10.3. The number of aryl methyl sites for hydroxylation is 1. The number of rotatable bonds is 2. The molecule has 0 heterocycles. The van der Waals surface area contributed by atoms with Gasteiger partial charge < -0.3 is 5.11 Å². The molecule has 1 rings (SSSR count). The molecular weight excluding hydrogens is 208 g/mol. The van der Waals surface area contributed by atoms with E-state index in [0.29, 0.717) is 5.75 Å². The van der Waals surface area contributed by atoms with Crippen molar-refractivity contribution >= 4 is 6.08 Å². The van der Waals surface area contributed by atoms with E-state index in [1.165, 1.54) is 0 Å². The van der Waals surface area contributed by atoms with Crippen LogP contribution in [0.3, 0.4) is 0 Å². The smallest absolute Gasteiger partial charge is 0.126 e. The van der Waals surface area contributed by atoms with Crippen LogP contribution >= 0.6 is 0 Å². The summed E-state index contributed by atoms with van der Waals surface area (Å²) in [6, 6.07) is 4.04. The summed E-state index contributed by atoms with van der Waals surface area (Å²) >= 11 is 0. The van der Waals surface area contributed by atoms with E-state index in [1.54, 1.807) is 6.08 Å². The highest BCUT2D eigenvalue weighted by molar-refractivity contribution is 5.61. The van der Waals surface area contributed by atoms with E-state index in [0.717, 1.165) is 16.7 Å². The van der Waals surface area contributed by atoms with Gasteiger partial charge in [-0.3, -0.25) is 0 Å². The quantitative estimate of drug-likeness (QED) is 0.785.